The fourth-order valence-electron chi connectivity index (χ4n) is 2.88. The number of rotatable bonds is 6. The Labute approximate surface area is 158 Å². The lowest BCUT2D eigenvalue weighted by atomic mass is 10.0. The summed E-state index contributed by atoms with van der Waals surface area (Å²) in [4.78, 5) is 14.4. The lowest BCUT2D eigenvalue weighted by Crippen LogP contribution is -2.57. The summed E-state index contributed by atoms with van der Waals surface area (Å²) >= 11 is 0. The third-order valence-corrected chi connectivity index (χ3v) is 7.20. The molecule has 0 saturated carbocycles. The number of hydrogen-bond donors (Lipinski definition) is 2. The van der Waals surface area contributed by atoms with Gasteiger partial charge >= 0.3 is 0 Å². The number of aromatic hydroxyl groups is 1. The van der Waals surface area contributed by atoms with Gasteiger partial charge in [0.15, 0.2) is 0 Å². The molecule has 0 heterocycles. The van der Waals surface area contributed by atoms with Gasteiger partial charge in [0.05, 0.1) is 0 Å². The van der Waals surface area contributed by atoms with Gasteiger partial charge in [-0.1, -0.05) is 42.8 Å². The number of benzene rings is 2. The molecule has 2 rings (SSSR count). The van der Waals surface area contributed by atoms with Gasteiger partial charge in [0.1, 0.15) is 5.75 Å². The molecule has 0 aliphatic rings. The average Bonchev–Trinajstić information content (AvgIpc) is 2.65. The Kier molecular flexibility index (Phi) is 7.02. The summed E-state index contributed by atoms with van der Waals surface area (Å²) in [6.45, 7) is 2.81. The van der Waals surface area contributed by atoms with Crippen LogP contribution in [0.25, 0.3) is 0 Å². The van der Waals surface area contributed by atoms with Crippen molar-refractivity contribution in [3.8, 4) is 17.6 Å². The van der Waals surface area contributed by atoms with Gasteiger partial charge in [0.2, 0.25) is 0 Å². The van der Waals surface area contributed by atoms with Crippen LogP contribution in [0.1, 0.15) is 11.1 Å². The lowest BCUT2D eigenvalue weighted by molar-refractivity contribution is -0.116. The van der Waals surface area contributed by atoms with Gasteiger partial charge in [0, 0.05) is 32.7 Å². The van der Waals surface area contributed by atoms with Crippen LogP contribution in [0.5, 0.6) is 5.75 Å². The maximum atomic E-state index is 12.2. The molecule has 0 radical (unpaired) electrons. The summed E-state index contributed by atoms with van der Waals surface area (Å²) in [6, 6.07) is 16.8. The topological polar surface area (TPSA) is 52.6 Å². The minimum Gasteiger partial charge on any atom is -0.508 e. The molecule has 0 saturated heterocycles. The predicted molar refractivity (Wildman–Crippen MR) is 109 cm³/mol. The number of nitrogens with one attached hydrogen (secondary N) is 1. The fourth-order valence-corrected chi connectivity index (χ4v) is 4.42. The normalized spacial score (nSPS) is 13.2. The average molecular weight is 367 g/mol. The summed E-state index contributed by atoms with van der Waals surface area (Å²) < 4.78 is 0. The quantitative estimate of drug-likeness (QED) is 0.603. The minimum atomic E-state index is -0.487. The van der Waals surface area contributed by atoms with Gasteiger partial charge in [-0.15, -0.1) is 0 Å². The van der Waals surface area contributed by atoms with Gasteiger partial charge in [-0.3, -0.25) is 4.79 Å². The molecule has 0 bridgehead atoms. The number of phenols is 1. The fraction of sp³-hybridized carbons (Fsp3) is 0.286. The van der Waals surface area contributed by atoms with Crippen LogP contribution >= 0.6 is 0 Å². The Balaban J connectivity index is 2.06. The van der Waals surface area contributed by atoms with Crippen LogP contribution in [0, 0.1) is 11.8 Å². The Hall–Kier alpha value is -2.55. The molecule has 0 unspecified atom stereocenters. The van der Waals surface area contributed by atoms with Gasteiger partial charge in [0.25, 0.3) is 5.91 Å². The van der Waals surface area contributed by atoms with E-state index in [0.717, 1.165) is 17.5 Å². The molecule has 4 nitrogen and oxygen atoms in total. The number of carbonyl (C=O) groups excluding carboxylic acids is 1. The first-order valence-electron chi connectivity index (χ1n) is 8.75. The lowest BCUT2D eigenvalue weighted by Gasteiger charge is -2.39. The molecular formula is C21H26N2O2Si. The molecule has 2 aromatic carbocycles. The highest BCUT2D eigenvalue weighted by Crippen LogP contribution is 2.19. The Morgan fingerprint density at radius 3 is 2.38 bits per heavy atom. The van der Waals surface area contributed by atoms with Crippen LogP contribution in [-0.4, -0.2) is 51.2 Å². The van der Waals surface area contributed by atoms with Crippen molar-refractivity contribution in [1.82, 2.24) is 10.2 Å². The van der Waals surface area contributed by atoms with E-state index in [1.54, 1.807) is 12.1 Å². The van der Waals surface area contributed by atoms with Crippen LogP contribution in [0.2, 0.25) is 6.55 Å². The van der Waals surface area contributed by atoms with Gasteiger partial charge < -0.3 is 15.3 Å². The van der Waals surface area contributed by atoms with E-state index in [2.05, 4.69) is 42.7 Å². The molecular weight excluding hydrogens is 340 g/mol. The number of nitrogens with zero attached hydrogens (tertiary/aromatic N) is 1. The van der Waals surface area contributed by atoms with E-state index in [9.17, 15) is 9.90 Å². The van der Waals surface area contributed by atoms with Crippen molar-refractivity contribution in [2.24, 2.45) is 0 Å². The monoisotopic (exact) mass is 366 g/mol. The highest BCUT2D eigenvalue weighted by molar-refractivity contribution is 6.38. The Bertz CT molecular complexity index is 779. The first-order chi connectivity index (χ1) is 12.4. The molecule has 0 spiro atoms. The van der Waals surface area contributed by atoms with Crippen molar-refractivity contribution in [3.63, 3.8) is 0 Å². The van der Waals surface area contributed by atoms with Crippen molar-refractivity contribution in [3.05, 3.63) is 65.7 Å². The smallest absolute Gasteiger partial charge is 0.296 e. The number of amides is 1. The summed E-state index contributed by atoms with van der Waals surface area (Å²) in [7, 11) is 3.62. The maximum Gasteiger partial charge on any atom is 0.296 e. The molecule has 26 heavy (non-hydrogen) atoms. The standard InChI is InChI=1S/C21H26N2O2Si/c1-23(2)21(26-3,15-18-9-12-19(24)13-10-18)16-22-20(25)14-11-17-7-5-4-6-8-17/h4-10,12-13,24H,15-16,26H2,1-3H3,(H,22,25)/t21-/m0/s1. The zero-order chi connectivity index (χ0) is 19.0. The zero-order valence-corrected chi connectivity index (χ0v) is 17.0. The summed E-state index contributed by atoms with van der Waals surface area (Å²) in [6.07, 6.45) is 0.829. The minimum absolute atomic E-state index is 0.0823. The molecule has 1 atom stereocenters. The van der Waals surface area contributed by atoms with Crippen molar-refractivity contribution < 1.29 is 9.90 Å². The van der Waals surface area contributed by atoms with Gasteiger partial charge in [-0.25, -0.2) is 0 Å². The molecule has 2 aromatic rings. The second kappa shape index (κ2) is 9.23. The van der Waals surface area contributed by atoms with Crippen molar-refractivity contribution in [2.45, 2.75) is 18.1 Å². The molecule has 2 N–H and O–H groups in total. The molecule has 1 amide bonds. The van der Waals surface area contributed by atoms with Crippen LogP contribution in [0.4, 0.5) is 0 Å². The largest absolute Gasteiger partial charge is 0.508 e. The van der Waals surface area contributed by atoms with Crippen molar-refractivity contribution >= 4 is 15.4 Å². The molecule has 136 valence electrons. The van der Waals surface area contributed by atoms with Crippen molar-refractivity contribution in [2.75, 3.05) is 20.6 Å². The second-order valence-electron chi connectivity index (χ2n) is 6.61. The maximum absolute atomic E-state index is 12.2. The van der Waals surface area contributed by atoms with Crippen LogP contribution in [0.15, 0.2) is 54.6 Å². The van der Waals surface area contributed by atoms with E-state index < -0.39 is 9.52 Å². The highest BCUT2D eigenvalue weighted by Gasteiger charge is 2.31. The van der Waals surface area contributed by atoms with Gasteiger partial charge in [-0.2, -0.15) is 0 Å². The Morgan fingerprint density at radius 1 is 1.15 bits per heavy atom. The van der Waals surface area contributed by atoms with Crippen LogP contribution < -0.4 is 5.32 Å². The molecule has 0 aliphatic carbocycles. The number of carbonyl (C=O) groups is 1. The summed E-state index contributed by atoms with van der Waals surface area (Å²) in [5.74, 6) is 5.57. The highest BCUT2D eigenvalue weighted by atomic mass is 28.2. The molecule has 5 heteroatoms. The van der Waals surface area contributed by atoms with E-state index in [4.69, 9.17) is 0 Å². The van der Waals surface area contributed by atoms with E-state index in [-0.39, 0.29) is 16.8 Å². The van der Waals surface area contributed by atoms with E-state index in [1.807, 2.05) is 42.5 Å². The van der Waals surface area contributed by atoms with Gasteiger partial charge in [-0.05, 0) is 50.3 Å². The third kappa shape index (κ3) is 5.48. The van der Waals surface area contributed by atoms with Crippen LogP contribution in [0.3, 0.4) is 0 Å². The number of phenolic OH excluding ortho intramolecular Hbond substituents is 1. The molecule has 0 aromatic heterocycles. The number of likely N-dealkylation sites (N-methyl/N-ethyl adjacent to an activating group) is 1. The predicted octanol–water partition coefficient (Wildman–Crippen LogP) is 1.58. The Morgan fingerprint density at radius 2 is 1.81 bits per heavy atom. The zero-order valence-electron chi connectivity index (χ0n) is 15.6. The van der Waals surface area contributed by atoms with Crippen molar-refractivity contribution in [1.29, 1.82) is 0 Å². The summed E-state index contributed by atoms with van der Waals surface area (Å²) in [5.41, 5.74) is 1.98. The number of hydrogen-bond acceptors (Lipinski definition) is 3. The van der Waals surface area contributed by atoms with E-state index >= 15 is 0 Å². The second-order valence-corrected chi connectivity index (χ2v) is 8.64. The molecule has 0 fully saturated rings. The van der Waals surface area contributed by atoms with E-state index in [0.29, 0.717) is 6.54 Å². The van der Waals surface area contributed by atoms with Crippen LogP contribution in [-0.2, 0) is 11.2 Å². The first kappa shape index (κ1) is 19.8. The SMILES string of the molecule is C[SiH2][C@](CNC(=O)C#Cc1ccccc1)(Cc1ccc(O)cc1)N(C)C. The third-order valence-electron chi connectivity index (χ3n) is 4.75. The molecule has 0 aliphatic heterocycles. The summed E-state index contributed by atoms with van der Waals surface area (Å²) in [5, 5.41) is 12.4. The van der Waals surface area contributed by atoms with E-state index in [1.165, 1.54) is 0 Å². The first-order valence-corrected chi connectivity index (χ1v) is 10.9.